The van der Waals surface area contributed by atoms with Gasteiger partial charge in [-0.05, 0) is 39.5 Å². The second-order valence-electron chi connectivity index (χ2n) is 18.6. The summed E-state index contributed by atoms with van der Waals surface area (Å²) >= 11 is 0. The molecule has 1 N–H and O–H groups in total. The summed E-state index contributed by atoms with van der Waals surface area (Å²) in [7, 11) is 0. The molecule has 0 aromatic carbocycles. The van der Waals surface area contributed by atoms with E-state index in [9.17, 15) is 9.90 Å². The van der Waals surface area contributed by atoms with Gasteiger partial charge in [-0.25, -0.2) is 0 Å². The van der Waals surface area contributed by atoms with E-state index in [1.807, 2.05) is 13.8 Å². The highest BCUT2D eigenvalue weighted by atomic mass is 16.7. The van der Waals surface area contributed by atoms with Gasteiger partial charge in [0.2, 0.25) is 0 Å². The fourth-order valence-electron chi connectivity index (χ4n) is 9.30. The van der Waals surface area contributed by atoms with Crippen molar-refractivity contribution in [2.45, 2.75) is 302 Å². The molecule has 0 unspecified atom stereocenters. The summed E-state index contributed by atoms with van der Waals surface area (Å²) in [5, 5.41) is 13.6. The number of aliphatic hydroxyl groups is 1. The first-order chi connectivity index (χ1) is 25.7. The van der Waals surface area contributed by atoms with Gasteiger partial charge in [-0.15, -0.1) is 0 Å². The third-order valence-corrected chi connectivity index (χ3v) is 12.4. The minimum Gasteiger partial charge on any atom is -0.388 e. The Morgan fingerprint density at radius 2 is 0.679 bits per heavy atom. The largest absolute Gasteiger partial charge is 0.388 e. The SMILES string of the molecule is CCCCCCCCCCC1(CCCCCCCCCC)CC(=O)CC(CCCCCCCCCC)(CCCCCCCCCC)N1OCC(C)(C)O. The molecule has 1 aliphatic rings. The van der Waals surface area contributed by atoms with Crippen molar-refractivity contribution in [1.29, 1.82) is 0 Å². The number of carbonyl (C=O) groups excluding carboxylic acids is 1. The quantitative estimate of drug-likeness (QED) is 0.0636. The molecule has 1 heterocycles. The van der Waals surface area contributed by atoms with E-state index >= 15 is 0 Å². The molecule has 0 aromatic rings. The average molecular weight is 748 g/mol. The van der Waals surface area contributed by atoms with Crippen LogP contribution >= 0.6 is 0 Å². The molecule has 0 aliphatic carbocycles. The zero-order valence-corrected chi connectivity index (χ0v) is 37.3. The van der Waals surface area contributed by atoms with Crippen LogP contribution in [0.15, 0.2) is 0 Å². The second kappa shape index (κ2) is 32.6. The second-order valence-corrected chi connectivity index (χ2v) is 18.6. The summed E-state index contributed by atoms with van der Waals surface area (Å²) in [5.41, 5.74) is -1.43. The molecule has 0 aromatic heterocycles. The number of carbonyl (C=O) groups is 1. The Morgan fingerprint density at radius 3 is 0.906 bits per heavy atom. The molecule has 0 spiro atoms. The molecule has 0 atom stereocenters. The average Bonchev–Trinajstić information content (AvgIpc) is 3.12. The van der Waals surface area contributed by atoms with E-state index in [0.29, 0.717) is 25.2 Å². The maximum Gasteiger partial charge on any atom is 0.136 e. The predicted molar refractivity (Wildman–Crippen MR) is 233 cm³/mol. The number of hydrogen-bond acceptors (Lipinski definition) is 4. The highest BCUT2D eigenvalue weighted by molar-refractivity contribution is 5.82. The molecule has 4 nitrogen and oxygen atoms in total. The Morgan fingerprint density at radius 1 is 0.453 bits per heavy atom. The van der Waals surface area contributed by atoms with Crippen molar-refractivity contribution in [3.63, 3.8) is 0 Å². The standard InChI is InChI=1S/C49H97NO3/c1-7-11-15-19-23-27-31-35-39-48(40-36-32-28-24-20-16-12-8-2)43-46(51)44-49(50(48)53-45-47(5,6)52,41-37-33-29-25-21-17-13-9-3)42-38-34-30-26-22-18-14-10-4/h52H,7-45H2,1-6H3. The fourth-order valence-corrected chi connectivity index (χ4v) is 9.30. The number of piperidine rings is 1. The lowest BCUT2D eigenvalue weighted by atomic mass is 9.69. The van der Waals surface area contributed by atoms with Gasteiger partial charge in [0, 0.05) is 12.8 Å². The summed E-state index contributed by atoms with van der Waals surface area (Å²) in [5.74, 6) is 0.478. The van der Waals surface area contributed by atoms with Gasteiger partial charge < -0.3 is 5.11 Å². The van der Waals surface area contributed by atoms with E-state index in [1.165, 1.54) is 205 Å². The third-order valence-electron chi connectivity index (χ3n) is 12.4. The van der Waals surface area contributed by atoms with Gasteiger partial charge in [-0.3, -0.25) is 9.63 Å². The number of rotatable bonds is 39. The highest BCUT2D eigenvalue weighted by Crippen LogP contribution is 2.48. The molecule has 0 bridgehead atoms. The molecule has 1 rings (SSSR count). The smallest absolute Gasteiger partial charge is 0.136 e. The van der Waals surface area contributed by atoms with Crippen LogP contribution < -0.4 is 0 Å². The molecule has 0 amide bonds. The van der Waals surface area contributed by atoms with Crippen LogP contribution in [-0.4, -0.2) is 39.2 Å². The number of nitrogens with zero attached hydrogens (tertiary/aromatic N) is 1. The van der Waals surface area contributed by atoms with Crippen LogP contribution in [0.5, 0.6) is 0 Å². The van der Waals surface area contributed by atoms with E-state index in [4.69, 9.17) is 4.84 Å². The van der Waals surface area contributed by atoms with Gasteiger partial charge in [-0.2, -0.15) is 5.06 Å². The molecule has 4 heteroatoms. The van der Waals surface area contributed by atoms with Crippen molar-refractivity contribution in [2.24, 2.45) is 0 Å². The lowest BCUT2D eigenvalue weighted by Crippen LogP contribution is -2.66. The van der Waals surface area contributed by atoms with Crippen molar-refractivity contribution < 1.29 is 14.7 Å². The molecule has 1 fully saturated rings. The lowest BCUT2D eigenvalue weighted by Gasteiger charge is -2.57. The van der Waals surface area contributed by atoms with E-state index in [2.05, 4.69) is 32.8 Å². The molecule has 0 saturated carbocycles. The van der Waals surface area contributed by atoms with E-state index in [1.54, 1.807) is 0 Å². The maximum atomic E-state index is 14.3. The first kappa shape index (κ1) is 50.6. The summed E-state index contributed by atoms with van der Waals surface area (Å²) in [6.45, 7) is 13.3. The van der Waals surface area contributed by atoms with E-state index < -0.39 is 5.60 Å². The zero-order valence-electron chi connectivity index (χ0n) is 37.3. The highest BCUT2D eigenvalue weighted by Gasteiger charge is 2.54. The van der Waals surface area contributed by atoms with Crippen molar-refractivity contribution >= 4 is 5.78 Å². The van der Waals surface area contributed by atoms with Crippen LogP contribution in [0.2, 0.25) is 0 Å². The number of hydroxylamine groups is 2. The predicted octanol–water partition coefficient (Wildman–Crippen LogP) is 16.0. The summed E-state index contributed by atoms with van der Waals surface area (Å²) in [4.78, 5) is 21.3. The number of Topliss-reactive ketones (excluding diaryl/α,β-unsaturated/α-hetero) is 1. The maximum absolute atomic E-state index is 14.3. The number of hydrogen-bond donors (Lipinski definition) is 1. The van der Waals surface area contributed by atoms with Crippen molar-refractivity contribution in [2.75, 3.05) is 6.61 Å². The third kappa shape index (κ3) is 24.7. The van der Waals surface area contributed by atoms with E-state index in [-0.39, 0.29) is 11.1 Å². The zero-order chi connectivity index (χ0) is 38.9. The van der Waals surface area contributed by atoms with Gasteiger partial charge in [0.15, 0.2) is 0 Å². The van der Waals surface area contributed by atoms with Crippen LogP contribution in [0.1, 0.15) is 286 Å². The number of ketones is 1. The number of unbranched alkanes of at least 4 members (excludes halogenated alkanes) is 28. The summed E-state index contributed by atoms with van der Waals surface area (Å²) in [6.07, 6.45) is 47.2. The van der Waals surface area contributed by atoms with Gasteiger partial charge in [0.25, 0.3) is 0 Å². The Balaban J connectivity index is 3.30. The Labute approximate surface area is 333 Å². The molecule has 1 saturated heterocycles. The van der Waals surface area contributed by atoms with Crippen LogP contribution in [-0.2, 0) is 9.63 Å². The summed E-state index contributed by atoms with van der Waals surface area (Å²) in [6, 6.07) is 0. The minimum atomic E-state index is -0.910. The molecule has 53 heavy (non-hydrogen) atoms. The molecule has 316 valence electrons. The monoisotopic (exact) mass is 748 g/mol. The molecule has 0 radical (unpaired) electrons. The Hall–Kier alpha value is -0.450. The van der Waals surface area contributed by atoms with E-state index in [0.717, 1.165) is 25.7 Å². The van der Waals surface area contributed by atoms with Crippen LogP contribution in [0.4, 0.5) is 0 Å². The Kier molecular flexibility index (Phi) is 31.1. The topological polar surface area (TPSA) is 49.8 Å². The lowest BCUT2D eigenvalue weighted by molar-refractivity contribution is -0.312. The molecule has 1 aliphatic heterocycles. The first-order valence-corrected chi connectivity index (χ1v) is 24.4. The summed E-state index contributed by atoms with van der Waals surface area (Å²) < 4.78 is 0. The normalized spacial score (nSPS) is 16.2. The Bertz CT molecular complexity index is 723. The van der Waals surface area contributed by atoms with Gasteiger partial charge in [0.1, 0.15) is 5.78 Å². The van der Waals surface area contributed by atoms with Crippen LogP contribution in [0.25, 0.3) is 0 Å². The molecular weight excluding hydrogens is 651 g/mol. The van der Waals surface area contributed by atoms with Crippen molar-refractivity contribution in [1.82, 2.24) is 5.06 Å². The van der Waals surface area contributed by atoms with Crippen LogP contribution in [0.3, 0.4) is 0 Å². The van der Waals surface area contributed by atoms with Gasteiger partial charge in [-0.1, -0.05) is 233 Å². The van der Waals surface area contributed by atoms with Gasteiger partial charge in [0.05, 0.1) is 23.3 Å². The van der Waals surface area contributed by atoms with Gasteiger partial charge >= 0.3 is 0 Å². The molecular formula is C49H97NO3. The first-order valence-electron chi connectivity index (χ1n) is 24.4. The minimum absolute atomic E-state index is 0.259. The van der Waals surface area contributed by atoms with Crippen molar-refractivity contribution in [3.05, 3.63) is 0 Å². The fraction of sp³-hybridized carbons (Fsp3) is 0.980. The van der Waals surface area contributed by atoms with Crippen molar-refractivity contribution in [3.8, 4) is 0 Å². The van der Waals surface area contributed by atoms with Crippen LogP contribution in [0, 0.1) is 0 Å².